The number of amides is 2. The maximum atomic E-state index is 12.4. The van der Waals surface area contributed by atoms with Crippen molar-refractivity contribution in [2.24, 2.45) is 0 Å². The maximum Gasteiger partial charge on any atom is 0.335 e. The third-order valence-corrected chi connectivity index (χ3v) is 5.82. The van der Waals surface area contributed by atoms with E-state index in [4.69, 9.17) is 0 Å². The first-order valence-electron chi connectivity index (χ1n) is 11.6. The van der Waals surface area contributed by atoms with Crippen molar-refractivity contribution in [3.05, 3.63) is 54.0 Å². The number of piperidine rings is 1. The summed E-state index contributed by atoms with van der Waals surface area (Å²) in [5, 5.41) is 20.0. The first-order chi connectivity index (χ1) is 16.6. The van der Waals surface area contributed by atoms with Gasteiger partial charge in [-0.15, -0.1) is 0 Å². The molecule has 2 amide bonds. The molecule has 1 saturated heterocycles. The van der Waals surface area contributed by atoms with Gasteiger partial charge >= 0.3 is 12.0 Å². The zero-order chi connectivity index (χ0) is 25.2. The molecule has 184 valence electrons. The van der Waals surface area contributed by atoms with Crippen molar-refractivity contribution < 1.29 is 14.7 Å². The van der Waals surface area contributed by atoms with Crippen LogP contribution in [0.2, 0.25) is 0 Å². The van der Waals surface area contributed by atoms with Crippen LogP contribution in [0.1, 0.15) is 55.6 Å². The van der Waals surface area contributed by atoms with Crippen LogP contribution in [0.15, 0.2) is 42.9 Å². The van der Waals surface area contributed by atoms with Crippen LogP contribution < -0.4 is 10.6 Å². The monoisotopic (exact) mass is 477 g/mol. The molecule has 2 aromatic heterocycles. The number of nitrogens with zero attached hydrogens (tertiary/aromatic N) is 5. The molecule has 0 aliphatic carbocycles. The largest absolute Gasteiger partial charge is 0.478 e. The van der Waals surface area contributed by atoms with Gasteiger partial charge < -0.3 is 20.6 Å². The molecule has 0 atom stereocenters. The minimum atomic E-state index is -0.981. The van der Waals surface area contributed by atoms with Crippen LogP contribution in [0.5, 0.6) is 0 Å². The van der Waals surface area contributed by atoms with Crippen LogP contribution in [0.25, 0.3) is 11.3 Å². The van der Waals surface area contributed by atoms with E-state index < -0.39 is 5.97 Å². The van der Waals surface area contributed by atoms with Crippen molar-refractivity contribution in [1.29, 1.82) is 0 Å². The Balaban J connectivity index is 1.42. The average Bonchev–Trinajstić information content (AvgIpc) is 3.28. The zero-order valence-corrected chi connectivity index (χ0v) is 20.4. The fourth-order valence-corrected chi connectivity index (χ4v) is 4.06. The Morgan fingerprint density at radius 2 is 1.89 bits per heavy atom. The summed E-state index contributed by atoms with van der Waals surface area (Å²) in [5.41, 5.74) is 2.93. The Labute approximate surface area is 204 Å². The van der Waals surface area contributed by atoms with Crippen LogP contribution in [0.4, 0.5) is 16.4 Å². The summed E-state index contributed by atoms with van der Waals surface area (Å²) in [4.78, 5) is 34.6. The minimum Gasteiger partial charge on any atom is -0.478 e. The number of carboxylic acids is 1. The van der Waals surface area contributed by atoms with Crippen LogP contribution in [0, 0.1) is 6.92 Å². The van der Waals surface area contributed by atoms with Gasteiger partial charge in [0.05, 0.1) is 29.2 Å². The number of carbonyl (C=O) groups excluding carboxylic acids is 1. The van der Waals surface area contributed by atoms with E-state index in [9.17, 15) is 14.7 Å². The van der Waals surface area contributed by atoms with E-state index in [2.05, 4.69) is 25.7 Å². The minimum absolute atomic E-state index is 0.0278. The van der Waals surface area contributed by atoms with Crippen molar-refractivity contribution in [2.45, 2.75) is 52.1 Å². The molecule has 1 aromatic carbocycles. The fourth-order valence-electron chi connectivity index (χ4n) is 4.06. The number of aromatic carboxylic acids is 1. The third-order valence-electron chi connectivity index (χ3n) is 5.82. The van der Waals surface area contributed by atoms with E-state index in [0.29, 0.717) is 30.3 Å². The number of likely N-dealkylation sites (tertiary alicyclic amines) is 1. The summed E-state index contributed by atoms with van der Waals surface area (Å²) in [6.45, 7) is 9.17. The van der Waals surface area contributed by atoms with Crippen molar-refractivity contribution in [3.63, 3.8) is 0 Å². The van der Waals surface area contributed by atoms with Gasteiger partial charge in [0, 0.05) is 36.6 Å². The lowest BCUT2D eigenvalue weighted by atomic mass is 10.1. The van der Waals surface area contributed by atoms with E-state index in [1.54, 1.807) is 30.6 Å². The number of nitrogens with one attached hydrogen (secondary N) is 2. The van der Waals surface area contributed by atoms with E-state index in [0.717, 1.165) is 24.1 Å². The molecule has 4 rings (SSSR count). The highest BCUT2D eigenvalue weighted by Crippen LogP contribution is 2.26. The molecule has 0 unspecified atom stereocenters. The summed E-state index contributed by atoms with van der Waals surface area (Å²) >= 11 is 0. The molecule has 1 fully saturated rings. The van der Waals surface area contributed by atoms with Gasteiger partial charge in [-0.3, -0.25) is 4.68 Å². The maximum absolute atomic E-state index is 12.4. The third kappa shape index (κ3) is 5.95. The normalized spacial score (nSPS) is 14.6. The molecule has 0 radical (unpaired) electrons. The first-order valence-corrected chi connectivity index (χ1v) is 11.6. The SMILES string of the molecule is Cc1cnc(Nc2cnn(C3CCN(C(=O)NC(C)(C)C)CC3)c2)nc1-c1cccc(C(=O)O)c1. The lowest BCUT2D eigenvalue weighted by Gasteiger charge is -2.34. The predicted molar refractivity (Wildman–Crippen MR) is 133 cm³/mol. The highest BCUT2D eigenvalue weighted by molar-refractivity contribution is 5.89. The number of hydrogen-bond donors (Lipinski definition) is 3. The van der Waals surface area contributed by atoms with E-state index in [1.807, 2.05) is 49.5 Å². The highest BCUT2D eigenvalue weighted by atomic mass is 16.4. The Morgan fingerprint density at radius 1 is 1.14 bits per heavy atom. The standard InChI is InChI=1S/C25H31N7O3/c1-16-13-26-23(29-21(16)17-6-5-7-18(12-17)22(33)34)28-19-14-27-32(15-19)20-8-10-31(11-9-20)24(35)30-25(2,3)4/h5-7,12-15,20H,8-11H2,1-4H3,(H,30,35)(H,33,34)(H,26,28,29). The van der Waals surface area contributed by atoms with Gasteiger partial charge in [0.25, 0.3) is 0 Å². The Bertz CT molecular complexity index is 1220. The van der Waals surface area contributed by atoms with Gasteiger partial charge in [-0.2, -0.15) is 5.10 Å². The summed E-state index contributed by atoms with van der Waals surface area (Å²) in [6.07, 6.45) is 7.00. The number of carbonyl (C=O) groups is 2. The molecule has 0 bridgehead atoms. The Morgan fingerprint density at radius 3 is 2.57 bits per heavy atom. The van der Waals surface area contributed by atoms with Gasteiger partial charge in [0.2, 0.25) is 5.95 Å². The zero-order valence-electron chi connectivity index (χ0n) is 20.4. The molecule has 0 saturated carbocycles. The molecule has 3 aromatic rings. The molecule has 3 heterocycles. The molecule has 1 aliphatic rings. The summed E-state index contributed by atoms with van der Waals surface area (Å²) in [6, 6.07) is 6.87. The number of urea groups is 1. The van der Waals surface area contributed by atoms with Crippen LogP contribution in [-0.2, 0) is 0 Å². The summed E-state index contributed by atoms with van der Waals surface area (Å²) in [7, 11) is 0. The van der Waals surface area contributed by atoms with E-state index in [-0.39, 0.29) is 23.2 Å². The fraction of sp³-hybridized carbons (Fsp3) is 0.400. The number of benzene rings is 1. The lowest BCUT2D eigenvalue weighted by Crippen LogP contribution is -2.50. The van der Waals surface area contributed by atoms with Gasteiger partial charge in [-0.1, -0.05) is 12.1 Å². The highest BCUT2D eigenvalue weighted by Gasteiger charge is 2.26. The topological polar surface area (TPSA) is 125 Å². The Hall–Kier alpha value is -3.95. The second-order valence-electron chi connectivity index (χ2n) is 9.84. The molecule has 35 heavy (non-hydrogen) atoms. The molecule has 0 spiro atoms. The second kappa shape index (κ2) is 9.73. The van der Waals surface area contributed by atoms with Gasteiger partial charge in [-0.25, -0.2) is 19.6 Å². The number of carboxylic acid groups (broad SMARTS) is 1. The van der Waals surface area contributed by atoms with Crippen molar-refractivity contribution >= 4 is 23.6 Å². The Kier molecular flexibility index (Phi) is 6.72. The second-order valence-corrected chi connectivity index (χ2v) is 9.84. The molecule has 3 N–H and O–H groups in total. The predicted octanol–water partition coefficient (Wildman–Crippen LogP) is 4.24. The van der Waals surface area contributed by atoms with Crippen molar-refractivity contribution in [2.75, 3.05) is 18.4 Å². The number of anilines is 2. The smallest absolute Gasteiger partial charge is 0.335 e. The average molecular weight is 478 g/mol. The summed E-state index contributed by atoms with van der Waals surface area (Å²) < 4.78 is 1.92. The van der Waals surface area contributed by atoms with Gasteiger partial charge in [0.1, 0.15) is 0 Å². The number of aromatic nitrogens is 4. The lowest BCUT2D eigenvalue weighted by molar-refractivity contribution is 0.0697. The number of rotatable bonds is 5. The van der Waals surface area contributed by atoms with E-state index >= 15 is 0 Å². The van der Waals surface area contributed by atoms with Gasteiger partial charge in [-0.05, 0) is 58.2 Å². The summed E-state index contributed by atoms with van der Waals surface area (Å²) in [5.74, 6) is -0.579. The molecular formula is C25H31N7O3. The molecular weight excluding hydrogens is 446 g/mol. The first kappa shape index (κ1) is 24.2. The molecule has 1 aliphatic heterocycles. The quantitative estimate of drug-likeness (QED) is 0.502. The van der Waals surface area contributed by atoms with Crippen molar-refractivity contribution in [1.82, 2.24) is 30.0 Å². The van der Waals surface area contributed by atoms with Crippen LogP contribution >= 0.6 is 0 Å². The van der Waals surface area contributed by atoms with Crippen LogP contribution in [0.3, 0.4) is 0 Å². The van der Waals surface area contributed by atoms with Crippen molar-refractivity contribution in [3.8, 4) is 11.3 Å². The number of hydrogen-bond acceptors (Lipinski definition) is 6. The van der Waals surface area contributed by atoms with E-state index in [1.165, 1.54) is 0 Å². The molecule has 10 heteroatoms. The number of aryl methyl sites for hydroxylation is 1. The van der Waals surface area contributed by atoms with Crippen LogP contribution in [-0.4, -0.2) is 60.4 Å². The molecule has 10 nitrogen and oxygen atoms in total. The van der Waals surface area contributed by atoms with Gasteiger partial charge in [0.15, 0.2) is 0 Å².